The molecule has 0 aliphatic rings. The molecule has 1 unspecified atom stereocenters. The molecule has 2 aromatic rings. The third kappa shape index (κ3) is 2.12. The second-order valence-corrected chi connectivity index (χ2v) is 4.43. The largest absolute Gasteiger partial charge is 0.379 e. The maximum atomic E-state index is 13.9. The van der Waals surface area contributed by atoms with Crippen LogP contribution in [-0.2, 0) is 5.60 Å². The van der Waals surface area contributed by atoms with Crippen molar-refractivity contribution in [2.75, 3.05) is 6.54 Å². The first kappa shape index (κ1) is 13.0. The van der Waals surface area contributed by atoms with Crippen LogP contribution in [0.3, 0.4) is 0 Å². The molecule has 0 aliphatic heterocycles. The Kier molecular flexibility index (Phi) is 3.66. The Balaban J connectivity index is 2.65. The molecule has 0 radical (unpaired) electrons. The molecule has 2 rings (SSSR count). The highest BCUT2D eigenvalue weighted by molar-refractivity contribution is 6.31. The summed E-state index contributed by atoms with van der Waals surface area (Å²) in [6.07, 6.45) is 0. The third-order valence-electron chi connectivity index (χ3n) is 2.92. The van der Waals surface area contributed by atoms with E-state index in [1.165, 1.54) is 18.2 Å². The first-order valence-corrected chi connectivity index (χ1v) is 5.90. The maximum absolute atomic E-state index is 13.9. The molecule has 2 aromatic carbocycles. The number of rotatable bonds is 3. The van der Waals surface area contributed by atoms with Crippen molar-refractivity contribution < 1.29 is 9.50 Å². The van der Waals surface area contributed by atoms with Gasteiger partial charge in [0.15, 0.2) is 0 Å². The van der Waals surface area contributed by atoms with E-state index in [4.69, 9.17) is 17.3 Å². The zero-order valence-corrected chi connectivity index (χ0v) is 10.4. The van der Waals surface area contributed by atoms with Gasteiger partial charge in [0, 0.05) is 17.1 Å². The van der Waals surface area contributed by atoms with Gasteiger partial charge in [-0.05, 0) is 17.7 Å². The number of hydrogen-bond acceptors (Lipinski definition) is 2. The fourth-order valence-electron chi connectivity index (χ4n) is 1.97. The van der Waals surface area contributed by atoms with E-state index < -0.39 is 11.4 Å². The molecule has 4 heteroatoms. The molecule has 0 spiro atoms. The fourth-order valence-corrected chi connectivity index (χ4v) is 2.29. The summed E-state index contributed by atoms with van der Waals surface area (Å²) in [7, 11) is 0. The van der Waals surface area contributed by atoms with Crippen molar-refractivity contribution in [3.05, 3.63) is 70.5 Å². The molecular formula is C14H13ClFNO. The van der Waals surface area contributed by atoms with E-state index in [2.05, 4.69) is 0 Å². The normalized spacial score (nSPS) is 14.2. The van der Waals surface area contributed by atoms with Crippen molar-refractivity contribution in [1.82, 2.24) is 0 Å². The molecule has 1 atom stereocenters. The van der Waals surface area contributed by atoms with Crippen molar-refractivity contribution in [1.29, 1.82) is 0 Å². The lowest BCUT2D eigenvalue weighted by Gasteiger charge is -2.29. The lowest BCUT2D eigenvalue weighted by atomic mass is 9.86. The highest BCUT2D eigenvalue weighted by Gasteiger charge is 2.34. The summed E-state index contributed by atoms with van der Waals surface area (Å²) < 4.78 is 13.9. The van der Waals surface area contributed by atoms with Crippen LogP contribution in [0.1, 0.15) is 11.1 Å². The molecule has 0 bridgehead atoms. The Labute approximate surface area is 110 Å². The van der Waals surface area contributed by atoms with E-state index in [1.807, 2.05) is 6.07 Å². The average molecular weight is 266 g/mol. The molecule has 0 saturated carbocycles. The Bertz CT molecular complexity index is 526. The van der Waals surface area contributed by atoms with Crippen LogP contribution in [0.25, 0.3) is 0 Å². The van der Waals surface area contributed by atoms with Gasteiger partial charge in [0.1, 0.15) is 11.4 Å². The smallest absolute Gasteiger partial charge is 0.131 e. The van der Waals surface area contributed by atoms with Crippen molar-refractivity contribution in [3.8, 4) is 0 Å². The summed E-state index contributed by atoms with van der Waals surface area (Å²) in [6, 6.07) is 13.0. The van der Waals surface area contributed by atoms with Crippen LogP contribution in [-0.4, -0.2) is 11.7 Å². The zero-order chi connectivity index (χ0) is 13.2. The van der Waals surface area contributed by atoms with E-state index in [0.717, 1.165) is 0 Å². The molecule has 18 heavy (non-hydrogen) atoms. The quantitative estimate of drug-likeness (QED) is 0.896. The summed E-state index contributed by atoms with van der Waals surface area (Å²) in [5, 5.41) is 10.8. The summed E-state index contributed by atoms with van der Waals surface area (Å²) in [5.41, 5.74) is 4.54. The minimum absolute atomic E-state index is 0.0142. The molecule has 2 nitrogen and oxygen atoms in total. The summed E-state index contributed by atoms with van der Waals surface area (Å²) in [5.74, 6) is -0.570. The van der Waals surface area contributed by atoms with E-state index in [-0.39, 0.29) is 17.1 Å². The van der Waals surface area contributed by atoms with Gasteiger partial charge in [-0.3, -0.25) is 0 Å². The van der Waals surface area contributed by atoms with Gasteiger partial charge < -0.3 is 10.8 Å². The highest BCUT2D eigenvalue weighted by Crippen LogP contribution is 2.35. The van der Waals surface area contributed by atoms with Crippen LogP contribution in [0.4, 0.5) is 4.39 Å². The van der Waals surface area contributed by atoms with Gasteiger partial charge in [-0.2, -0.15) is 0 Å². The van der Waals surface area contributed by atoms with Crippen molar-refractivity contribution in [3.63, 3.8) is 0 Å². The van der Waals surface area contributed by atoms with Gasteiger partial charge in [-0.1, -0.05) is 48.0 Å². The van der Waals surface area contributed by atoms with Crippen LogP contribution in [0, 0.1) is 5.82 Å². The SMILES string of the molecule is NCC(O)(c1ccccc1)c1c(F)cccc1Cl. The summed E-state index contributed by atoms with van der Waals surface area (Å²) in [4.78, 5) is 0. The minimum atomic E-state index is -1.62. The highest BCUT2D eigenvalue weighted by atomic mass is 35.5. The van der Waals surface area contributed by atoms with Crippen LogP contribution in [0.5, 0.6) is 0 Å². The fraction of sp³-hybridized carbons (Fsp3) is 0.143. The predicted molar refractivity (Wildman–Crippen MR) is 69.9 cm³/mol. The number of aliphatic hydroxyl groups is 1. The predicted octanol–water partition coefficient (Wildman–Crippen LogP) is 2.67. The van der Waals surface area contributed by atoms with Crippen molar-refractivity contribution in [2.45, 2.75) is 5.60 Å². The second kappa shape index (κ2) is 5.06. The zero-order valence-electron chi connectivity index (χ0n) is 9.61. The van der Waals surface area contributed by atoms with E-state index in [0.29, 0.717) is 5.56 Å². The standard InChI is InChI=1S/C14H13ClFNO/c15-11-7-4-8-12(16)13(11)14(18,9-17)10-5-2-1-3-6-10/h1-8,18H,9,17H2. The molecular weight excluding hydrogens is 253 g/mol. The van der Waals surface area contributed by atoms with Crippen LogP contribution in [0.15, 0.2) is 48.5 Å². The topological polar surface area (TPSA) is 46.2 Å². The van der Waals surface area contributed by atoms with Gasteiger partial charge in [0.05, 0.1) is 0 Å². The van der Waals surface area contributed by atoms with Gasteiger partial charge >= 0.3 is 0 Å². The van der Waals surface area contributed by atoms with Crippen molar-refractivity contribution in [2.24, 2.45) is 5.73 Å². The summed E-state index contributed by atoms with van der Waals surface area (Å²) in [6.45, 7) is -0.155. The van der Waals surface area contributed by atoms with Crippen LogP contribution >= 0.6 is 11.6 Å². The molecule has 0 fully saturated rings. The third-order valence-corrected chi connectivity index (χ3v) is 3.24. The monoisotopic (exact) mass is 265 g/mol. The maximum Gasteiger partial charge on any atom is 0.131 e. The van der Waals surface area contributed by atoms with E-state index >= 15 is 0 Å². The number of halogens is 2. The number of hydrogen-bond donors (Lipinski definition) is 2. The molecule has 0 amide bonds. The first-order chi connectivity index (χ1) is 8.59. The number of nitrogens with two attached hydrogens (primary N) is 1. The molecule has 0 aromatic heterocycles. The first-order valence-electron chi connectivity index (χ1n) is 5.52. The Morgan fingerprint density at radius 1 is 1.11 bits per heavy atom. The van der Waals surface area contributed by atoms with Crippen LogP contribution in [0.2, 0.25) is 5.02 Å². The molecule has 0 saturated heterocycles. The van der Waals surface area contributed by atoms with E-state index in [9.17, 15) is 9.50 Å². The Hall–Kier alpha value is -1.42. The van der Waals surface area contributed by atoms with Gasteiger partial charge in [-0.25, -0.2) is 4.39 Å². The van der Waals surface area contributed by atoms with E-state index in [1.54, 1.807) is 24.3 Å². The minimum Gasteiger partial charge on any atom is -0.379 e. The Morgan fingerprint density at radius 2 is 1.78 bits per heavy atom. The lowest BCUT2D eigenvalue weighted by Crippen LogP contribution is -2.37. The average Bonchev–Trinajstić information content (AvgIpc) is 2.39. The molecule has 94 valence electrons. The molecule has 0 heterocycles. The Morgan fingerprint density at radius 3 is 2.33 bits per heavy atom. The van der Waals surface area contributed by atoms with Crippen molar-refractivity contribution >= 4 is 11.6 Å². The second-order valence-electron chi connectivity index (χ2n) is 4.03. The summed E-state index contributed by atoms with van der Waals surface area (Å²) >= 11 is 5.99. The molecule has 3 N–H and O–H groups in total. The van der Waals surface area contributed by atoms with Gasteiger partial charge in [0.25, 0.3) is 0 Å². The number of benzene rings is 2. The van der Waals surface area contributed by atoms with Gasteiger partial charge in [0.2, 0.25) is 0 Å². The van der Waals surface area contributed by atoms with Gasteiger partial charge in [-0.15, -0.1) is 0 Å². The lowest BCUT2D eigenvalue weighted by molar-refractivity contribution is 0.0862. The van der Waals surface area contributed by atoms with Crippen LogP contribution < -0.4 is 5.73 Å². The molecule has 0 aliphatic carbocycles.